The molecule has 1 aromatic carbocycles. The smallest absolute Gasteiger partial charge is 0.0430 e. The van der Waals surface area contributed by atoms with Crippen molar-refractivity contribution in [1.29, 1.82) is 0 Å². The molecule has 0 atom stereocenters. The highest BCUT2D eigenvalue weighted by atomic mass is 32.1. The van der Waals surface area contributed by atoms with E-state index in [1.807, 2.05) is 11.3 Å². The predicted molar refractivity (Wildman–Crippen MR) is 89.4 cm³/mol. The van der Waals surface area contributed by atoms with Crippen LogP contribution in [0.15, 0.2) is 41.8 Å². The molecular formula is C18H23NS. The summed E-state index contributed by atoms with van der Waals surface area (Å²) in [5.74, 6) is 0.959. The van der Waals surface area contributed by atoms with E-state index in [2.05, 4.69) is 54.0 Å². The second-order valence-corrected chi connectivity index (χ2v) is 6.74. The van der Waals surface area contributed by atoms with Crippen molar-refractivity contribution in [1.82, 2.24) is 0 Å². The highest BCUT2D eigenvalue weighted by Gasteiger charge is 2.20. The van der Waals surface area contributed by atoms with E-state index in [9.17, 15) is 0 Å². The Morgan fingerprint density at radius 1 is 1.05 bits per heavy atom. The molecule has 0 saturated heterocycles. The molecule has 0 unspecified atom stereocenters. The summed E-state index contributed by atoms with van der Waals surface area (Å²) >= 11 is 1.82. The number of para-hydroxylation sites is 1. The van der Waals surface area contributed by atoms with Crippen molar-refractivity contribution >= 4 is 17.0 Å². The normalized spacial score (nSPS) is 22.6. The molecule has 1 fully saturated rings. The Morgan fingerprint density at radius 2 is 1.85 bits per heavy atom. The number of rotatable bonds is 4. The van der Waals surface area contributed by atoms with E-state index in [4.69, 9.17) is 0 Å². The van der Waals surface area contributed by atoms with Crippen LogP contribution in [0.5, 0.6) is 0 Å². The van der Waals surface area contributed by atoms with Crippen LogP contribution >= 0.6 is 11.3 Å². The Morgan fingerprint density at radius 3 is 2.55 bits per heavy atom. The molecule has 20 heavy (non-hydrogen) atoms. The van der Waals surface area contributed by atoms with Gasteiger partial charge in [0.05, 0.1) is 0 Å². The molecule has 1 saturated carbocycles. The van der Waals surface area contributed by atoms with Crippen molar-refractivity contribution in [2.24, 2.45) is 5.92 Å². The molecule has 0 bridgehead atoms. The van der Waals surface area contributed by atoms with E-state index in [0.717, 1.165) is 5.92 Å². The van der Waals surface area contributed by atoms with Crippen molar-refractivity contribution in [3.63, 3.8) is 0 Å². The fourth-order valence-corrected chi connectivity index (χ4v) is 3.96. The van der Waals surface area contributed by atoms with Crippen LogP contribution in [-0.2, 0) is 0 Å². The van der Waals surface area contributed by atoms with Gasteiger partial charge in [-0.15, -0.1) is 11.3 Å². The van der Waals surface area contributed by atoms with E-state index in [0.29, 0.717) is 6.04 Å². The lowest BCUT2D eigenvalue weighted by atomic mass is 9.84. The molecule has 1 nitrogen and oxygen atoms in total. The van der Waals surface area contributed by atoms with Gasteiger partial charge in [0.2, 0.25) is 0 Å². The highest BCUT2D eigenvalue weighted by molar-refractivity contribution is 7.13. The first-order valence-electron chi connectivity index (χ1n) is 7.76. The van der Waals surface area contributed by atoms with Crippen LogP contribution in [0.25, 0.3) is 10.4 Å². The number of hydrogen-bond acceptors (Lipinski definition) is 2. The van der Waals surface area contributed by atoms with Crippen LogP contribution in [0.1, 0.15) is 39.0 Å². The fourth-order valence-electron chi connectivity index (χ4n) is 3.19. The van der Waals surface area contributed by atoms with Gasteiger partial charge >= 0.3 is 0 Å². The summed E-state index contributed by atoms with van der Waals surface area (Å²) in [6, 6.07) is 13.7. The molecule has 1 aliphatic carbocycles. The quantitative estimate of drug-likeness (QED) is 0.749. The molecule has 106 valence electrons. The molecule has 1 aromatic heterocycles. The van der Waals surface area contributed by atoms with Crippen LogP contribution in [0.2, 0.25) is 0 Å². The maximum Gasteiger partial charge on any atom is 0.0430 e. The summed E-state index contributed by atoms with van der Waals surface area (Å²) in [5.41, 5.74) is 2.65. The van der Waals surface area contributed by atoms with Gasteiger partial charge in [0.1, 0.15) is 0 Å². The molecule has 2 heteroatoms. The van der Waals surface area contributed by atoms with Gasteiger partial charge in [-0.05, 0) is 49.1 Å². The molecule has 0 spiro atoms. The lowest BCUT2D eigenvalue weighted by molar-refractivity contribution is 0.330. The third-order valence-corrected chi connectivity index (χ3v) is 5.40. The summed E-state index contributed by atoms with van der Waals surface area (Å²) in [7, 11) is 0. The first kappa shape index (κ1) is 13.7. The van der Waals surface area contributed by atoms with Gasteiger partial charge < -0.3 is 5.32 Å². The van der Waals surface area contributed by atoms with E-state index in [1.54, 1.807) is 0 Å². The van der Waals surface area contributed by atoms with E-state index < -0.39 is 0 Å². The van der Waals surface area contributed by atoms with E-state index in [1.165, 1.54) is 48.2 Å². The van der Waals surface area contributed by atoms with Crippen molar-refractivity contribution < 1.29 is 0 Å². The lowest BCUT2D eigenvalue weighted by Gasteiger charge is -2.29. The Hall–Kier alpha value is -1.28. The number of hydrogen-bond donors (Lipinski definition) is 1. The number of anilines is 1. The molecule has 1 N–H and O–H groups in total. The van der Waals surface area contributed by atoms with E-state index in [-0.39, 0.29) is 0 Å². The third-order valence-electron chi connectivity index (χ3n) is 4.50. The van der Waals surface area contributed by atoms with Gasteiger partial charge in [-0.3, -0.25) is 0 Å². The van der Waals surface area contributed by atoms with Crippen LogP contribution < -0.4 is 5.32 Å². The summed E-state index contributed by atoms with van der Waals surface area (Å²) < 4.78 is 0. The first-order chi connectivity index (χ1) is 9.86. The molecule has 1 aliphatic rings. The fraction of sp³-hybridized carbons (Fsp3) is 0.444. The zero-order valence-corrected chi connectivity index (χ0v) is 13.0. The van der Waals surface area contributed by atoms with Gasteiger partial charge in [0.15, 0.2) is 0 Å². The number of benzene rings is 1. The third kappa shape index (κ3) is 3.06. The Kier molecular flexibility index (Phi) is 4.41. The number of nitrogens with one attached hydrogen (secondary N) is 1. The Bertz CT molecular complexity index is 524. The van der Waals surface area contributed by atoms with Gasteiger partial charge in [0, 0.05) is 22.2 Å². The molecular weight excluding hydrogens is 262 g/mol. The topological polar surface area (TPSA) is 12.0 Å². The van der Waals surface area contributed by atoms with Crippen LogP contribution in [0.4, 0.5) is 5.69 Å². The standard InChI is InChI=1S/C18H23NS/c1-2-14-9-11-15(12-10-14)19-17-7-4-3-6-16(17)18-8-5-13-20-18/h3-8,13-15,19H,2,9-12H2,1H3. The second kappa shape index (κ2) is 6.45. The zero-order valence-electron chi connectivity index (χ0n) is 12.1. The van der Waals surface area contributed by atoms with Crippen LogP contribution in [-0.4, -0.2) is 6.04 Å². The van der Waals surface area contributed by atoms with E-state index >= 15 is 0 Å². The monoisotopic (exact) mass is 285 g/mol. The maximum absolute atomic E-state index is 3.79. The van der Waals surface area contributed by atoms with Crippen molar-refractivity contribution in [2.75, 3.05) is 5.32 Å². The SMILES string of the molecule is CCC1CCC(Nc2ccccc2-c2cccs2)CC1. The molecule has 2 aromatic rings. The molecule has 1 heterocycles. The summed E-state index contributed by atoms with van der Waals surface area (Å²) in [5, 5.41) is 5.94. The molecule has 3 rings (SSSR count). The molecule has 0 amide bonds. The highest BCUT2D eigenvalue weighted by Crippen LogP contribution is 2.34. The van der Waals surface area contributed by atoms with Gasteiger partial charge in [-0.25, -0.2) is 0 Å². The van der Waals surface area contributed by atoms with Crippen molar-refractivity contribution in [3.05, 3.63) is 41.8 Å². The Balaban J connectivity index is 1.72. The predicted octanol–water partition coefficient (Wildman–Crippen LogP) is 5.80. The van der Waals surface area contributed by atoms with Gasteiger partial charge in [0.25, 0.3) is 0 Å². The van der Waals surface area contributed by atoms with Crippen LogP contribution in [0, 0.1) is 5.92 Å². The van der Waals surface area contributed by atoms with Gasteiger partial charge in [-0.1, -0.05) is 37.6 Å². The summed E-state index contributed by atoms with van der Waals surface area (Å²) in [6.07, 6.45) is 6.75. The second-order valence-electron chi connectivity index (χ2n) is 5.79. The minimum atomic E-state index is 0.652. The van der Waals surface area contributed by atoms with Crippen LogP contribution in [0.3, 0.4) is 0 Å². The summed E-state index contributed by atoms with van der Waals surface area (Å²) in [4.78, 5) is 1.36. The number of thiophene rings is 1. The molecule has 0 radical (unpaired) electrons. The minimum Gasteiger partial charge on any atom is -0.382 e. The maximum atomic E-state index is 3.79. The van der Waals surface area contributed by atoms with Crippen molar-refractivity contribution in [3.8, 4) is 10.4 Å². The first-order valence-corrected chi connectivity index (χ1v) is 8.64. The van der Waals surface area contributed by atoms with Gasteiger partial charge in [-0.2, -0.15) is 0 Å². The lowest BCUT2D eigenvalue weighted by Crippen LogP contribution is -2.26. The average Bonchev–Trinajstić information content (AvgIpc) is 3.03. The minimum absolute atomic E-state index is 0.652. The zero-order chi connectivity index (χ0) is 13.8. The molecule has 0 aliphatic heterocycles. The summed E-state index contributed by atoms with van der Waals surface area (Å²) in [6.45, 7) is 2.32. The average molecular weight is 285 g/mol. The largest absolute Gasteiger partial charge is 0.382 e. The van der Waals surface area contributed by atoms with Crippen molar-refractivity contribution in [2.45, 2.75) is 45.1 Å². The Labute approximate surface area is 126 Å².